The number of nitrogens with zero attached hydrogens (tertiary/aromatic N) is 1. The maximum atomic E-state index is 12.1. The van der Waals surface area contributed by atoms with E-state index in [0.29, 0.717) is 30.2 Å². The first kappa shape index (κ1) is 15.6. The van der Waals surface area contributed by atoms with Gasteiger partial charge in [0.2, 0.25) is 5.91 Å². The van der Waals surface area contributed by atoms with Crippen LogP contribution in [-0.4, -0.2) is 47.6 Å². The van der Waals surface area contributed by atoms with Gasteiger partial charge in [-0.3, -0.25) is 9.59 Å². The van der Waals surface area contributed by atoms with Crippen molar-refractivity contribution in [2.24, 2.45) is 5.92 Å². The van der Waals surface area contributed by atoms with E-state index in [4.69, 9.17) is 4.42 Å². The summed E-state index contributed by atoms with van der Waals surface area (Å²) in [7, 11) is 0. The third-order valence-corrected chi connectivity index (χ3v) is 3.96. The third-order valence-electron chi connectivity index (χ3n) is 3.96. The quantitative estimate of drug-likeness (QED) is 0.866. The van der Waals surface area contributed by atoms with Crippen molar-refractivity contribution >= 4 is 11.8 Å². The number of hydrogen-bond donors (Lipinski definition) is 2. The summed E-state index contributed by atoms with van der Waals surface area (Å²) in [4.78, 5) is 25.6. The summed E-state index contributed by atoms with van der Waals surface area (Å²) in [5, 5.41) is 12.4. The van der Waals surface area contributed by atoms with Crippen LogP contribution in [0.3, 0.4) is 0 Å². The van der Waals surface area contributed by atoms with E-state index in [-0.39, 0.29) is 24.3 Å². The summed E-state index contributed by atoms with van der Waals surface area (Å²) >= 11 is 0. The predicted octanol–water partition coefficient (Wildman–Crippen LogP) is 0.856. The van der Waals surface area contributed by atoms with Crippen molar-refractivity contribution in [1.82, 2.24) is 10.2 Å². The van der Waals surface area contributed by atoms with Crippen LogP contribution in [0.25, 0.3) is 0 Å². The number of carbonyl (C=O) groups excluding carboxylic acids is 2. The Morgan fingerprint density at radius 2 is 2.19 bits per heavy atom. The predicted molar refractivity (Wildman–Crippen MR) is 76.9 cm³/mol. The zero-order chi connectivity index (χ0) is 15.6. The topological polar surface area (TPSA) is 82.8 Å². The van der Waals surface area contributed by atoms with E-state index in [0.717, 1.165) is 6.42 Å². The molecule has 2 amide bonds. The first-order valence-corrected chi connectivity index (χ1v) is 7.19. The summed E-state index contributed by atoms with van der Waals surface area (Å²) in [5.74, 6) is 0.924. The molecule has 2 unspecified atom stereocenters. The van der Waals surface area contributed by atoms with E-state index in [9.17, 15) is 14.7 Å². The van der Waals surface area contributed by atoms with Crippen LogP contribution in [0.1, 0.15) is 35.2 Å². The lowest BCUT2D eigenvalue weighted by molar-refractivity contribution is -0.134. The van der Waals surface area contributed by atoms with Gasteiger partial charge in [0.25, 0.3) is 5.91 Å². The molecule has 1 aliphatic heterocycles. The van der Waals surface area contributed by atoms with Crippen molar-refractivity contribution in [1.29, 1.82) is 0 Å². The molecule has 2 rings (SSSR count). The first-order chi connectivity index (χ1) is 9.88. The Kier molecular flexibility index (Phi) is 4.67. The molecule has 1 fully saturated rings. The minimum absolute atomic E-state index is 0.0659. The number of hydrogen-bond acceptors (Lipinski definition) is 4. The van der Waals surface area contributed by atoms with E-state index in [1.807, 2.05) is 6.92 Å². The molecule has 0 spiro atoms. The molecule has 6 nitrogen and oxygen atoms in total. The fourth-order valence-electron chi connectivity index (χ4n) is 2.49. The van der Waals surface area contributed by atoms with Gasteiger partial charge in [0.05, 0.1) is 18.2 Å². The zero-order valence-electron chi connectivity index (χ0n) is 12.7. The highest BCUT2D eigenvalue weighted by molar-refractivity contribution is 5.97. The van der Waals surface area contributed by atoms with Gasteiger partial charge in [-0.2, -0.15) is 0 Å². The molecule has 116 valence electrons. The summed E-state index contributed by atoms with van der Waals surface area (Å²) in [6.45, 7) is 6.34. The Labute approximate surface area is 124 Å². The number of amides is 2. The minimum atomic E-state index is -0.489. The number of rotatable bonds is 3. The molecule has 2 heterocycles. The number of furan rings is 1. The van der Waals surface area contributed by atoms with Gasteiger partial charge in [-0.25, -0.2) is 0 Å². The van der Waals surface area contributed by atoms with Gasteiger partial charge < -0.3 is 19.7 Å². The molecule has 21 heavy (non-hydrogen) atoms. The number of carbonyl (C=O) groups is 2. The van der Waals surface area contributed by atoms with Crippen LogP contribution >= 0.6 is 0 Å². The maximum absolute atomic E-state index is 12.1. The van der Waals surface area contributed by atoms with Gasteiger partial charge in [0, 0.05) is 13.1 Å². The van der Waals surface area contributed by atoms with Crippen LogP contribution in [-0.2, 0) is 4.79 Å². The van der Waals surface area contributed by atoms with Crippen molar-refractivity contribution in [3.05, 3.63) is 23.2 Å². The van der Waals surface area contributed by atoms with Gasteiger partial charge in [0.1, 0.15) is 11.5 Å². The molecule has 1 aromatic heterocycles. The second-order valence-corrected chi connectivity index (χ2v) is 5.68. The highest BCUT2D eigenvalue weighted by Crippen LogP contribution is 2.17. The molecule has 1 aromatic rings. The van der Waals surface area contributed by atoms with E-state index < -0.39 is 6.10 Å². The van der Waals surface area contributed by atoms with Crippen molar-refractivity contribution in [2.45, 2.75) is 33.3 Å². The Morgan fingerprint density at radius 3 is 2.76 bits per heavy atom. The molecule has 1 saturated heterocycles. The average molecular weight is 294 g/mol. The van der Waals surface area contributed by atoms with Crippen molar-refractivity contribution in [3.63, 3.8) is 0 Å². The fourth-order valence-corrected chi connectivity index (χ4v) is 2.49. The second kappa shape index (κ2) is 6.30. The molecular weight excluding hydrogens is 272 g/mol. The highest BCUT2D eigenvalue weighted by Gasteiger charge is 2.27. The highest BCUT2D eigenvalue weighted by atomic mass is 16.3. The number of aryl methyl sites for hydroxylation is 2. The Balaban J connectivity index is 1.87. The third kappa shape index (κ3) is 3.64. The number of aliphatic hydroxyl groups excluding tert-OH is 1. The average Bonchev–Trinajstić information content (AvgIpc) is 2.77. The van der Waals surface area contributed by atoms with Crippen LogP contribution in [0.4, 0.5) is 0 Å². The Hall–Kier alpha value is -1.82. The molecule has 0 saturated carbocycles. The number of aliphatic hydroxyl groups is 1. The molecule has 0 aromatic carbocycles. The van der Waals surface area contributed by atoms with Gasteiger partial charge in [-0.05, 0) is 32.3 Å². The van der Waals surface area contributed by atoms with Crippen LogP contribution in [0.15, 0.2) is 10.5 Å². The summed E-state index contributed by atoms with van der Waals surface area (Å²) in [5.41, 5.74) is 0.451. The van der Waals surface area contributed by atoms with Gasteiger partial charge in [-0.15, -0.1) is 0 Å². The van der Waals surface area contributed by atoms with Crippen molar-refractivity contribution < 1.29 is 19.1 Å². The SMILES string of the molecule is Cc1cc(C(=O)NCC(=O)N2CCC(C)C(O)C2)c(C)o1. The molecule has 0 bridgehead atoms. The largest absolute Gasteiger partial charge is 0.466 e. The van der Waals surface area contributed by atoms with Gasteiger partial charge in [-0.1, -0.05) is 6.92 Å². The van der Waals surface area contributed by atoms with Crippen molar-refractivity contribution in [2.75, 3.05) is 19.6 Å². The Bertz CT molecular complexity index is 538. The lowest BCUT2D eigenvalue weighted by atomic mass is 9.96. The maximum Gasteiger partial charge on any atom is 0.255 e. The molecule has 1 aliphatic rings. The minimum Gasteiger partial charge on any atom is -0.466 e. The van der Waals surface area contributed by atoms with E-state index in [1.165, 1.54) is 0 Å². The summed E-state index contributed by atoms with van der Waals surface area (Å²) < 4.78 is 5.30. The number of nitrogens with one attached hydrogen (secondary N) is 1. The van der Waals surface area contributed by atoms with Gasteiger partial charge in [0.15, 0.2) is 0 Å². The van der Waals surface area contributed by atoms with Crippen LogP contribution < -0.4 is 5.32 Å². The van der Waals surface area contributed by atoms with E-state index >= 15 is 0 Å². The molecule has 0 radical (unpaired) electrons. The monoisotopic (exact) mass is 294 g/mol. The zero-order valence-corrected chi connectivity index (χ0v) is 12.7. The lowest BCUT2D eigenvalue weighted by Crippen LogP contribution is -2.49. The lowest BCUT2D eigenvalue weighted by Gasteiger charge is -2.34. The molecular formula is C15H22N2O4. The molecule has 6 heteroatoms. The van der Waals surface area contributed by atoms with Crippen LogP contribution in [0.5, 0.6) is 0 Å². The number of likely N-dealkylation sites (tertiary alicyclic amines) is 1. The smallest absolute Gasteiger partial charge is 0.255 e. The van der Waals surface area contributed by atoms with Gasteiger partial charge >= 0.3 is 0 Å². The van der Waals surface area contributed by atoms with E-state index in [1.54, 1.807) is 24.8 Å². The normalized spacial score (nSPS) is 22.2. The summed E-state index contributed by atoms with van der Waals surface area (Å²) in [6.07, 6.45) is 0.290. The number of piperidine rings is 1. The summed E-state index contributed by atoms with van der Waals surface area (Å²) in [6, 6.07) is 1.65. The standard InChI is InChI=1S/C15H22N2O4/c1-9-4-5-17(8-13(9)18)14(19)7-16-15(20)12-6-10(2)21-11(12)3/h6,9,13,18H,4-5,7-8H2,1-3H3,(H,16,20). The van der Waals surface area contributed by atoms with Crippen LogP contribution in [0.2, 0.25) is 0 Å². The first-order valence-electron chi connectivity index (χ1n) is 7.19. The Morgan fingerprint density at radius 1 is 1.48 bits per heavy atom. The number of β-amino-alcohol motifs (C(OH)–C–C–N with tert-alkyl or cyclic N) is 1. The second-order valence-electron chi connectivity index (χ2n) is 5.68. The van der Waals surface area contributed by atoms with E-state index in [2.05, 4.69) is 5.32 Å². The molecule has 2 N–H and O–H groups in total. The fraction of sp³-hybridized carbons (Fsp3) is 0.600. The molecule has 2 atom stereocenters. The van der Waals surface area contributed by atoms with Crippen LogP contribution in [0, 0.1) is 19.8 Å². The van der Waals surface area contributed by atoms with Crippen molar-refractivity contribution in [3.8, 4) is 0 Å². The molecule has 0 aliphatic carbocycles.